The van der Waals surface area contributed by atoms with Gasteiger partial charge in [-0.25, -0.2) is 0 Å². The Hall–Kier alpha value is -3.74. The summed E-state index contributed by atoms with van der Waals surface area (Å²) in [4.78, 5) is 29.6. The zero-order chi connectivity index (χ0) is 20.2. The normalized spacial score (nSPS) is 13.6. The fourth-order valence-electron chi connectivity index (χ4n) is 3.72. The van der Waals surface area contributed by atoms with E-state index in [1.807, 2.05) is 30.5 Å². The molecule has 0 aliphatic carbocycles. The summed E-state index contributed by atoms with van der Waals surface area (Å²) in [6, 6.07) is 17.8. The Morgan fingerprint density at radius 3 is 2.83 bits per heavy atom. The van der Waals surface area contributed by atoms with Crippen molar-refractivity contribution in [2.24, 2.45) is 0 Å². The molecule has 0 spiro atoms. The number of nitrogens with zero attached hydrogens (tertiary/aromatic N) is 3. The molecule has 146 valence electrons. The number of benzene rings is 2. The average Bonchev–Trinajstić information content (AvgIpc) is 3.18. The Labute approximate surface area is 168 Å². The van der Waals surface area contributed by atoms with Gasteiger partial charge in [-0.2, -0.15) is 0 Å². The number of aromatic nitrogens is 1. The van der Waals surface area contributed by atoms with Crippen LogP contribution >= 0.6 is 0 Å². The quantitative estimate of drug-likeness (QED) is 0.516. The summed E-state index contributed by atoms with van der Waals surface area (Å²) < 4.78 is 0. The fourth-order valence-corrected chi connectivity index (χ4v) is 3.72. The fraction of sp³-hybridized carbons (Fsp3) is 0.182. The molecule has 1 amide bonds. The number of anilines is 1. The smallest absolute Gasteiger partial charge is 0.270 e. The van der Waals surface area contributed by atoms with E-state index in [1.165, 1.54) is 23.8 Å². The Kier molecular flexibility index (Phi) is 5.20. The molecular formula is C22H20N4O3. The second kappa shape index (κ2) is 8.10. The van der Waals surface area contributed by atoms with Crippen molar-refractivity contribution in [2.75, 3.05) is 18.0 Å². The third kappa shape index (κ3) is 3.94. The monoisotopic (exact) mass is 388 g/mol. The third-order valence-corrected chi connectivity index (χ3v) is 5.14. The summed E-state index contributed by atoms with van der Waals surface area (Å²) in [6.45, 7) is 1.22. The Morgan fingerprint density at radius 2 is 2.03 bits per heavy atom. The standard InChI is InChI=1S/C22H20N4O3/c27-22(17-6-3-8-19(13-17)26(28)29)24-15-21(18-7-4-11-23-14-18)25-12-10-16-5-1-2-9-20(16)25/h1-9,11,13-14,21H,10,12,15H2,(H,24,27)/t21-/m0/s1. The average molecular weight is 388 g/mol. The first-order valence-corrected chi connectivity index (χ1v) is 9.40. The minimum absolute atomic E-state index is 0.0880. The van der Waals surface area contributed by atoms with Crippen LogP contribution in [0.15, 0.2) is 73.1 Å². The molecule has 1 atom stereocenters. The number of pyridine rings is 1. The van der Waals surface area contributed by atoms with Crippen LogP contribution in [0.5, 0.6) is 0 Å². The van der Waals surface area contributed by atoms with Crippen LogP contribution in [0.4, 0.5) is 11.4 Å². The van der Waals surface area contributed by atoms with Gasteiger partial charge in [0.1, 0.15) is 0 Å². The molecule has 0 unspecified atom stereocenters. The summed E-state index contributed by atoms with van der Waals surface area (Å²) in [7, 11) is 0. The molecule has 0 radical (unpaired) electrons. The number of nitrogens with one attached hydrogen (secondary N) is 1. The number of rotatable bonds is 6. The number of fused-ring (bicyclic) bond motifs is 1. The number of nitro benzene ring substituents is 1. The van der Waals surface area contributed by atoms with Gasteiger partial charge in [0, 0.05) is 48.9 Å². The molecule has 0 saturated heterocycles. The van der Waals surface area contributed by atoms with Crippen LogP contribution in [0.3, 0.4) is 0 Å². The van der Waals surface area contributed by atoms with Crippen LogP contribution in [0.25, 0.3) is 0 Å². The minimum Gasteiger partial charge on any atom is -0.362 e. The number of carbonyl (C=O) groups is 1. The number of hydrogen-bond acceptors (Lipinski definition) is 5. The highest BCUT2D eigenvalue weighted by atomic mass is 16.6. The van der Waals surface area contributed by atoms with Crippen molar-refractivity contribution in [3.05, 3.63) is 99.9 Å². The number of nitro groups is 1. The van der Waals surface area contributed by atoms with Gasteiger partial charge in [0.05, 0.1) is 11.0 Å². The Bertz CT molecular complexity index is 1040. The first kappa shape index (κ1) is 18.6. The van der Waals surface area contributed by atoms with Crippen molar-refractivity contribution in [3.63, 3.8) is 0 Å². The topological polar surface area (TPSA) is 88.4 Å². The van der Waals surface area contributed by atoms with Crippen molar-refractivity contribution in [1.82, 2.24) is 10.3 Å². The van der Waals surface area contributed by atoms with E-state index >= 15 is 0 Å². The second-order valence-corrected chi connectivity index (χ2v) is 6.89. The van der Waals surface area contributed by atoms with Crippen molar-refractivity contribution in [3.8, 4) is 0 Å². The zero-order valence-corrected chi connectivity index (χ0v) is 15.7. The first-order valence-electron chi connectivity index (χ1n) is 9.40. The lowest BCUT2D eigenvalue weighted by molar-refractivity contribution is -0.384. The largest absolute Gasteiger partial charge is 0.362 e. The van der Waals surface area contributed by atoms with E-state index in [-0.39, 0.29) is 23.2 Å². The van der Waals surface area contributed by atoms with E-state index in [1.54, 1.807) is 12.3 Å². The van der Waals surface area contributed by atoms with Gasteiger partial charge < -0.3 is 10.2 Å². The van der Waals surface area contributed by atoms with Gasteiger partial charge >= 0.3 is 0 Å². The molecule has 1 aliphatic rings. The van der Waals surface area contributed by atoms with Crippen LogP contribution in [0.2, 0.25) is 0 Å². The summed E-state index contributed by atoms with van der Waals surface area (Å²) in [5.74, 6) is -0.338. The van der Waals surface area contributed by atoms with Gasteiger partial charge in [0.25, 0.3) is 11.6 Å². The molecule has 29 heavy (non-hydrogen) atoms. The summed E-state index contributed by atoms with van der Waals surface area (Å²) in [5.41, 5.74) is 3.61. The molecule has 7 heteroatoms. The number of amides is 1. The molecule has 1 aromatic heterocycles. The van der Waals surface area contributed by atoms with Gasteiger partial charge in [-0.15, -0.1) is 0 Å². The van der Waals surface area contributed by atoms with Crippen LogP contribution in [0, 0.1) is 10.1 Å². The lowest BCUT2D eigenvalue weighted by Crippen LogP contribution is -2.37. The SMILES string of the molecule is O=C(NC[C@@H](c1cccnc1)N1CCc2ccccc21)c1cccc([N+](=O)[O-])c1. The summed E-state index contributed by atoms with van der Waals surface area (Å²) in [5, 5.41) is 13.9. The highest BCUT2D eigenvalue weighted by Crippen LogP contribution is 2.34. The van der Waals surface area contributed by atoms with Crippen molar-refractivity contribution in [1.29, 1.82) is 0 Å². The summed E-state index contributed by atoms with van der Waals surface area (Å²) in [6.07, 6.45) is 4.48. The minimum atomic E-state index is -0.504. The molecule has 2 heterocycles. The molecule has 4 rings (SSSR count). The molecule has 1 aliphatic heterocycles. The van der Waals surface area contributed by atoms with Gasteiger partial charge in [-0.1, -0.05) is 30.3 Å². The van der Waals surface area contributed by atoms with Crippen molar-refractivity contribution in [2.45, 2.75) is 12.5 Å². The van der Waals surface area contributed by atoms with Gasteiger partial charge in [0.2, 0.25) is 0 Å². The highest BCUT2D eigenvalue weighted by Gasteiger charge is 2.27. The number of para-hydroxylation sites is 1. The molecule has 0 saturated carbocycles. The van der Waals surface area contributed by atoms with Crippen LogP contribution in [-0.2, 0) is 6.42 Å². The molecule has 2 aromatic carbocycles. The highest BCUT2D eigenvalue weighted by molar-refractivity contribution is 5.94. The molecule has 0 bridgehead atoms. The van der Waals surface area contributed by atoms with Crippen LogP contribution in [0.1, 0.15) is 27.5 Å². The van der Waals surface area contributed by atoms with E-state index < -0.39 is 4.92 Å². The molecule has 7 nitrogen and oxygen atoms in total. The zero-order valence-electron chi connectivity index (χ0n) is 15.7. The van der Waals surface area contributed by atoms with Crippen molar-refractivity contribution >= 4 is 17.3 Å². The van der Waals surface area contributed by atoms with Crippen molar-refractivity contribution < 1.29 is 9.72 Å². The van der Waals surface area contributed by atoms with Gasteiger partial charge in [-0.3, -0.25) is 19.9 Å². The van der Waals surface area contributed by atoms with Crippen LogP contribution in [-0.4, -0.2) is 28.9 Å². The predicted molar refractivity (Wildman–Crippen MR) is 110 cm³/mol. The Morgan fingerprint density at radius 1 is 1.17 bits per heavy atom. The number of carbonyl (C=O) groups excluding carboxylic acids is 1. The van der Waals surface area contributed by atoms with Crippen LogP contribution < -0.4 is 10.2 Å². The molecule has 3 aromatic rings. The van der Waals surface area contributed by atoms with E-state index in [0.29, 0.717) is 6.54 Å². The second-order valence-electron chi connectivity index (χ2n) is 6.89. The number of non-ortho nitro benzene ring substituents is 1. The maximum absolute atomic E-state index is 12.6. The maximum Gasteiger partial charge on any atom is 0.270 e. The summed E-state index contributed by atoms with van der Waals surface area (Å²) >= 11 is 0. The molecular weight excluding hydrogens is 368 g/mol. The van der Waals surface area contributed by atoms with E-state index in [9.17, 15) is 14.9 Å². The predicted octanol–water partition coefficient (Wildman–Crippen LogP) is 3.52. The van der Waals surface area contributed by atoms with Gasteiger partial charge in [-0.05, 0) is 35.7 Å². The van der Waals surface area contributed by atoms with Gasteiger partial charge in [0.15, 0.2) is 0 Å². The third-order valence-electron chi connectivity index (χ3n) is 5.14. The van der Waals surface area contributed by atoms with E-state index in [2.05, 4.69) is 27.3 Å². The Balaban J connectivity index is 1.56. The molecule has 1 N–H and O–H groups in total. The van der Waals surface area contributed by atoms with E-state index in [4.69, 9.17) is 0 Å². The maximum atomic E-state index is 12.6. The lowest BCUT2D eigenvalue weighted by atomic mass is 10.1. The van der Waals surface area contributed by atoms with E-state index in [0.717, 1.165) is 24.2 Å². The number of hydrogen-bond donors (Lipinski definition) is 1. The lowest BCUT2D eigenvalue weighted by Gasteiger charge is -2.31. The molecule has 0 fully saturated rings. The first-order chi connectivity index (χ1) is 14.1.